The van der Waals surface area contributed by atoms with Crippen molar-refractivity contribution in [2.45, 2.75) is 58.1 Å². The Bertz CT molecular complexity index is 205. The number of rotatable bonds is 5. The lowest BCUT2D eigenvalue weighted by Gasteiger charge is -2.05. The van der Waals surface area contributed by atoms with Crippen LogP contribution in [-0.4, -0.2) is 21.0 Å². The highest BCUT2D eigenvalue weighted by Crippen LogP contribution is 2.29. The van der Waals surface area contributed by atoms with E-state index in [1.54, 1.807) is 17.7 Å². The molecular formula is C11H22O2S2. The molecule has 0 aromatic rings. The van der Waals surface area contributed by atoms with Gasteiger partial charge in [-0.05, 0) is 26.2 Å². The Morgan fingerprint density at radius 2 is 2.07 bits per heavy atom. The van der Waals surface area contributed by atoms with Gasteiger partial charge < -0.3 is 4.79 Å². The van der Waals surface area contributed by atoms with Gasteiger partial charge in [-0.25, -0.2) is 4.21 Å². The molecule has 0 spiro atoms. The van der Waals surface area contributed by atoms with Crippen molar-refractivity contribution in [3.63, 3.8) is 0 Å². The summed E-state index contributed by atoms with van der Waals surface area (Å²) in [6.07, 6.45) is 4.83. The van der Waals surface area contributed by atoms with Crippen LogP contribution >= 0.6 is 10.8 Å². The molecule has 1 rings (SSSR count). The Labute approximate surface area is 99.4 Å². The van der Waals surface area contributed by atoms with E-state index in [0.717, 1.165) is 31.4 Å². The highest BCUT2D eigenvalue weighted by atomic mass is 33.1. The molecule has 0 aromatic heterocycles. The molecular weight excluding hydrogens is 228 g/mol. The Balaban J connectivity index is 0.000000921. The third-order valence-electron chi connectivity index (χ3n) is 2.22. The third-order valence-corrected chi connectivity index (χ3v) is 5.88. The van der Waals surface area contributed by atoms with E-state index in [2.05, 4.69) is 0 Å². The molecule has 0 aliphatic carbocycles. The van der Waals surface area contributed by atoms with Crippen molar-refractivity contribution in [1.82, 2.24) is 0 Å². The normalized spacial score (nSPS) is 24.5. The summed E-state index contributed by atoms with van der Waals surface area (Å²) in [7, 11) is 0.932. The molecule has 90 valence electrons. The largest absolute Gasteiger partial charge is 0.300 e. The average molecular weight is 250 g/mol. The van der Waals surface area contributed by atoms with Crippen LogP contribution in [0.25, 0.3) is 0 Å². The van der Waals surface area contributed by atoms with Crippen LogP contribution < -0.4 is 0 Å². The molecule has 2 atom stereocenters. The first kappa shape index (κ1) is 15.2. The zero-order valence-corrected chi connectivity index (χ0v) is 11.6. The molecule has 4 heteroatoms. The lowest BCUT2D eigenvalue weighted by molar-refractivity contribution is -0.117. The summed E-state index contributed by atoms with van der Waals surface area (Å²) in [4.78, 5) is 10.6. The SMILES string of the molecule is CC.CC(=O)CCCCC1CCSS1=O. The number of carbonyl (C=O) groups is 1. The molecule has 1 aliphatic heterocycles. The van der Waals surface area contributed by atoms with Crippen LogP contribution in [0.2, 0.25) is 0 Å². The number of carbonyl (C=O) groups excluding carboxylic acids is 1. The van der Waals surface area contributed by atoms with Crippen molar-refractivity contribution in [3.05, 3.63) is 0 Å². The van der Waals surface area contributed by atoms with Gasteiger partial charge >= 0.3 is 0 Å². The van der Waals surface area contributed by atoms with Crippen molar-refractivity contribution < 1.29 is 9.00 Å². The van der Waals surface area contributed by atoms with Crippen LogP contribution in [-0.2, 0) is 14.6 Å². The number of Topliss-reactive ketones (excluding diaryl/α,β-unsaturated/α-hetero) is 1. The van der Waals surface area contributed by atoms with Crippen LogP contribution in [0, 0.1) is 0 Å². The molecule has 1 fully saturated rings. The smallest absolute Gasteiger partial charge is 0.129 e. The Morgan fingerprint density at radius 3 is 2.53 bits per heavy atom. The summed E-state index contributed by atoms with van der Waals surface area (Å²) in [5.41, 5.74) is 0. The molecule has 1 aliphatic rings. The molecule has 0 amide bonds. The number of hydrogen-bond acceptors (Lipinski definition) is 3. The second-order valence-electron chi connectivity index (χ2n) is 3.44. The van der Waals surface area contributed by atoms with E-state index in [4.69, 9.17) is 0 Å². The van der Waals surface area contributed by atoms with Crippen LogP contribution in [0.1, 0.15) is 52.9 Å². The number of unbranched alkanes of at least 4 members (excludes halogenated alkanes) is 1. The van der Waals surface area contributed by atoms with Gasteiger partial charge in [0.25, 0.3) is 0 Å². The van der Waals surface area contributed by atoms with Crippen LogP contribution in [0.5, 0.6) is 0 Å². The number of ketones is 1. The van der Waals surface area contributed by atoms with Crippen LogP contribution in [0.3, 0.4) is 0 Å². The fraction of sp³-hybridized carbons (Fsp3) is 0.909. The van der Waals surface area contributed by atoms with Gasteiger partial charge in [0.2, 0.25) is 0 Å². The molecule has 0 aromatic carbocycles. The predicted octanol–water partition coefficient (Wildman–Crippen LogP) is 3.33. The van der Waals surface area contributed by atoms with Gasteiger partial charge in [0, 0.05) is 17.4 Å². The second kappa shape index (κ2) is 9.40. The summed E-state index contributed by atoms with van der Waals surface area (Å²) < 4.78 is 11.3. The van der Waals surface area contributed by atoms with Gasteiger partial charge in [-0.2, -0.15) is 0 Å². The highest BCUT2D eigenvalue weighted by Gasteiger charge is 2.22. The second-order valence-corrected chi connectivity index (χ2v) is 6.97. The minimum Gasteiger partial charge on any atom is -0.300 e. The third kappa shape index (κ3) is 7.12. The Morgan fingerprint density at radius 1 is 1.40 bits per heavy atom. The summed E-state index contributed by atoms with van der Waals surface area (Å²) in [5.74, 6) is 1.31. The molecule has 2 unspecified atom stereocenters. The molecule has 1 saturated heterocycles. The Hall–Kier alpha value is 0.170. The van der Waals surface area contributed by atoms with E-state index in [0.29, 0.717) is 11.7 Å². The molecule has 0 saturated carbocycles. The predicted molar refractivity (Wildman–Crippen MR) is 69.5 cm³/mol. The zero-order valence-electron chi connectivity index (χ0n) is 9.95. The average Bonchev–Trinajstić information content (AvgIpc) is 2.62. The molecule has 0 N–H and O–H groups in total. The maximum absolute atomic E-state index is 11.3. The summed E-state index contributed by atoms with van der Waals surface area (Å²) in [5, 5.41) is 0.400. The van der Waals surface area contributed by atoms with Gasteiger partial charge in [-0.1, -0.05) is 31.1 Å². The molecule has 0 radical (unpaired) electrons. The van der Waals surface area contributed by atoms with Crippen molar-refractivity contribution in [3.8, 4) is 0 Å². The number of hydrogen-bond donors (Lipinski definition) is 0. The zero-order chi connectivity index (χ0) is 11.7. The van der Waals surface area contributed by atoms with Gasteiger partial charge in [0.1, 0.15) is 5.78 Å². The lowest BCUT2D eigenvalue weighted by Crippen LogP contribution is -2.06. The Kier molecular flexibility index (Phi) is 9.51. The monoisotopic (exact) mass is 250 g/mol. The van der Waals surface area contributed by atoms with E-state index in [1.807, 2.05) is 13.8 Å². The quantitative estimate of drug-likeness (QED) is 0.554. The fourth-order valence-electron chi connectivity index (χ4n) is 1.44. The highest BCUT2D eigenvalue weighted by molar-refractivity contribution is 8.69. The fourth-order valence-corrected chi connectivity index (χ4v) is 4.93. The molecule has 15 heavy (non-hydrogen) atoms. The van der Waals surface area contributed by atoms with E-state index in [-0.39, 0.29) is 5.78 Å². The van der Waals surface area contributed by atoms with Crippen molar-refractivity contribution >= 4 is 26.4 Å². The van der Waals surface area contributed by atoms with E-state index < -0.39 is 9.83 Å². The summed E-state index contributed by atoms with van der Waals surface area (Å²) >= 11 is 0. The minimum absolute atomic E-state index is 0.266. The maximum Gasteiger partial charge on any atom is 0.129 e. The van der Waals surface area contributed by atoms with Crippen molar-refractivity contribution in [2.75, 3.05) is 5.75 Å². The lowest BCUT2D eigenvalue weighted by atomic mass is 10.1. The summed E-state index contributed by atoms with van der Waals surface area (Å²) in [6.45, 7) is 5.63. The molecule has 1 heterocycles. The van der Waals surface area contributed by atoms with E-state index in [9.17, 15) is 9.00 Å². The van der Waals surface area contributed by atoms with Gasteiger partial charge in [0.15, 0.2) is 0 Å². The van der Waals surface area contributed by atoms with Crippen molar-refractivity contribution in [2.24, 2.45) is 0 Å². The van der Waals surface area contributed by atoms with Gasteiger partial charge in [-0.3, -0.25) is 0 Å². The summed E-state index contributed by atoms with van der Waals surface area (Å²) in [6, 6.07) is 0. The topological polar surface area (TPSA) is 34.1 Å². The van der Waals surface area contributed by atoms with E-state index >= 15 is 0 Å². The standard InChI is InChI=1S/C9H16O2S2.C2H6/c1-8(10)4-2-3-5-9-6-7-12-13(9)11;1-2/h9H,2-7H2,1H3;1-2H3. The van der Waals surface area contributed by atoms with Gasteiger partial charge in [-0.15, -0.1) is 0 Å². The first-order valence-electron chi connectivity index (χ1n) is 5.73. The first-order chi connectivity index (χ1) is 7.20. The van der Waals surface area contributed by atoms with Crippen molar-refractivity contribution in [1.29, 1.82) is 0 Å². The molecule has 0 bridgehead atoms. The van der Waals surface area contributed by atoms with Gasteiger partial charge in [0.05, 0.1) is 9.83 Å². The van der Waals surface area contributed by atoms with Crippen LogP contribution in [0.15, 0.2) is 0 Å². The minimum atomic E-state index is -0.643. The van der Waals surface area contributed by atoms with E-state index in [1.165, 1.54) is 0 Å². The first-order valence-corrected chi connectivity index (χ1v) is 8.45. The van der Waals surface area contributed by atoms with Crippen LogP contribution in [0.4, 0.5) is 0 Å². The maximum atomic E-state index is 11.3. The molecule has 2 nitrogen and oxygen atoms in total.